The number of amides is 2. The first-order chi connectivity index (χ1) is 5.46. The van der Waals surface area contributed by atoms with E-state index in [2.05, 4.69) is 0 Å². The van der Waals surface area contributed by atoms with Crippen molar-refractivity contribution in [3.05, 3.63) is 11.3 Å². The molecule has 1 aliphatic heterocycles. The van der Waals surface area contributed by atoms with E-state index in [0.717, 1.165) is 11.3 Å². The molecule has 0 aliphatic carbocycles. The fourth-order valence-electron chi connectivity index (χ4n) is 1.26. The van der Waals surface area contributed by atoms with Gasteiger partial charge in [-0.25, -0.2) is 4.79 Å². The van der Waals surface area contributed by atoms with Crippen molar-refractivity contribution in [1.29, 1.82) is 0 Å². The maximum atomic E-state index is 11.4. The number of thiocarbonyl (C=S) groups is 1. The molecule has 0 aromatic rings. The fourth-order valence-corrected chi connectivity index (χ4v) is 1.68. The van der Waals surface area contributed by atoms with Gasteiger partial charge in [0, 0.05) is 14.1 Å². The Labute approximate surface area is 77.6 Å². The highest BCUT2D eigenvalue weighted by molar-refractivity contribution is 7.80. The summed E-state index contributed by atoms with van der Waals surface area (Å²) in [6.45, 7) is 3.90. The van der Waals surface area contributed by atoms with Crippen molar-refractivity contribution < 1.29 is 4.79 Å². The lowest BCUT2D eigenvalue weighted by Crippen LogP contribution is -2.26. The van der Waals surface area contributed by atoms with Crippen LogP contribution in [0.4, 0.5) is 4.79 Å². The van der Waals surface area contributed by atoms with Gasteiger partial charge in [0.25, 0.3) is 0 Å². The normalized spacial score (nSPS) is 17.8. The second-order valence-electron chi connectivity index (χ2n) is 3.05. The largest absolute Gasteiger partial charge is 0.329 e. The Balaban J connectivity index is 3.17. The number of nitrogens with zero attached hydrogens (tertiary/aromatic N) is 2. The minimum Gasteiger partial charge on any atom is -0.294 e. The molecule has 66 valence electrons. The van der Waals surface area contributed by atoms with Crippen molar-refractivity contribution in [2.75, 3.05) is 14.1 Å². The highest BCUT2D eigenvalue weighted by Crippen LogP contribution is 2.21. The number of likely N-dealkylation sites (N-methyl/N-ethyl adjacent to an activating group) is 2. The standard InChI is InChI=1S/C8H12N2OS/c1-5(2)6-7(12)10(4)8(11)9(6)3/h1-4H3. The van der Waals surface area contributed by atoms with Gasteiger partial charge in [0.05, 0.1) is 5.70 Å². The number of urea groups is 1. The summed E-state index contributed by atoms with van der Waals surface area (Å²) in [7, 11) is 3.43. The van der Waals surface area contributed by atoms with Gasteiger partial charge in [0.2, 0.25) is 0 Å². The SMILES string of the molecule is CC(C)=C1C(=S)N(C)C(=O)N1C. The van der Waals surface area contributed by atoms with Crippen LogP contribution in [0.2, 0.25) is 0 Å². The number of hydrogen-bond acceptors (Lipinski definition) is 2. The Hall–Kier alpha value is -0.900. The average Bonchev–Trinajstić information content (AvgIpc) is 2.16. The quantitative estimate of drug-likeness (QED) is 0.422. The number of allylic oxidation sites excluding steroid dienone is 1. The molecular weight excluding hydrogens is 172 g/mol. The Morgan fingerprint density at radius 2 is 1.75 bits per heavy atom. The molecule has 0 N–H and O–H groups in total. The average molecular weight is 184 g/mol. The van der Waals surface area contributed by atoms with E-state index in [1.54, 1.807) is 19.0 Å². The van der Waals surface area contributed by atoms with Gasteiger partial charge in [-0.2, -0.15) is 0 Å². The molecule has 1 heterocycles. The molecule has 0 saturated carbocycles. The van der Waals surface area contributed by atoms with Crippen molar-refractivity contribution >= 4 is 23.2 Å². The highest BCUT2D eigenvalue weighted by atomic mass is 32.1. The molecule has 1 fully saturated rings. The summed E-state index contributed by atoms with van der Waals surface area (Å²) in [6, 6.07) is -0.0591. The maximum absolute atomic E-state index is 11.4. The molecule has 4 heteroatoms. The van der Waals surface area contributed by atoms with Crippen LogP contribution < -0.4 is 0 Å². The number of hydrogen-bond donors (Lipinski definition) is 0. The molecule has 1 aliphatic rings. The predicted octanol–water partition coefficient (Wildman–Crippen LogP) is 1.60. The zero-order valence-electron chi connectivity index (χ0n) is 7.71. The summed E-state index contributed by atoms with van der Waals surface area (Å²) >= 11 is 5.10. The van der Waals surface area contributed by atoms with E-state index in [-0.39, 0.29) is 6.03 Å². The zero-order chi connectivity index (χ0) is 9.46. The molecule has 0 spiro atoms. The predicted molar refractivity (Wildman–Crippen MR) is 51.9 cm³/mol. The topological polar surface area (TPSA) is 23.6 Å². The summed E-state index contributed by atoms with van der Waals surface area (Å²) in [4.78, 5) is 15.0. The van der Waals surface area contributed by atoms with Crippen LogP contribution in [0, 0.1) is 0 Å². The van der Waals surface area contributed by atoms with Crippen molar-refractivity contribution in [3.63, 3.8) is 0 Å². The molecule has 0 atom stereocenters. The number of carbonyl (C=O) groups excluding carboxylic acids is 1. The maximum Gasteiger partial charge on any atom is 0.329 e. The van der Waals surface area contributed by atoms with Crippen molar-refractivity contribution in [2.24, 2.45) is 0 Å². The summed E-state index contributed by atoms with van der Waals surface area (Å²) in [5.41, 5.74) is 1.93. The Kier molecular flexibility index (Phi) is 2.19. The summed E-state index contributed by atoms with van der Waals surface area (Å²) in [5, 5.41) is 0. The lowest BCUT2D eigenvalue weighted by Gasteiger charge is -2.09. The van der Waals surface area contributed by atoms with Crippen LogP contribution in [0.15, 0.2) is 11.3 Å². The van der Waals surface area contributed by atoms with Gasteiger partial charge in [0.1, 0.15) is 4.99 Å². The lowest BCUT2D eigenvalue weighted by atomic mass is 10.2. The first-order valence-electron chi connectivity index (χ1n) is 3.70. The van der Waals surface area contributed by atoms with E-state index in [4.69, 9.17) is 12.2 Å². The van der Waals surface area contributed by atoms with Crippen molar-refractivity contribution in [3.8, 4) is 0 Å². The molecule has 0 aromatic heterocycles. The lowest BCUT2D eigenvalue weighted by molar-refractivity contribution is 0.213. The minimum atomic E-state index is -0.0591. The third-order valence-electron chi connectivity index (χ3n) is 1.89. The second-order valence-corrected chi connectivity index (χ2v) is 3.44. The summed E-state index contributed by atoms with van der Waals surface area (Å²) in [5.74, 6) is 0. The van der Waals surface area contributed by atoms with E-state index in [0.29, 0.717) is 4.99 Å². The van der Waals surface area contributed by atoms with Gasteiger partial charge in [0.15, 0.2) is 0 Å². The molecule has 0 bridgehead atoms. The van der Waals surface area contributed by atoms with Gasteiger partial charge in [-0.1, -0.05) is 12.2 Å². The van der Waals surface area contributed by atoms with E-state index < -0.39 is 0 Å². The molecule has 2 amide bonds. The monoisotopic (exact) mass is 184 g/mol. The smallest absolute Gasteiger partial charge is 0.294 e. The fraction of sp³-hybridized carbons (Fsp3) is 0.500. The molecule has 0 radical (unpaired) electrons. The molecule has 3 nitrogen and oxygen atoms in total. The van der Waals surface area contributed by atoms with E-state index in [9.17, 15) is 4.79 Å². The van der Waals surface area contributed by atoms with Crippen LogP contribution in [-0.4, -0.2) is 34.9 Å². The summed E-state index contributed by atoms with van der Waals surface area (Å²) in [6.07, 6.45) is 0. The molecule has 12 heavy (non-hydrogen) atoms. The van der Waals surface area contributed by atoms with E-state index >= 15 is 0 Å². The Bertz CT molecular complexity index is 279. The zero-order valence-corrected chi connectivity index (χ0v) is 8.53. The summed E-state index contributed by atoms with van der Waals surface area (Å²) < 4.78 is 0. The van der Waals surface area contributed by atoms with Crippen molar-refractivity contribution in [1.82, 2.24) is 9.80 Å². The third-order valence-corrected chi connectivity index (χ3v) is 2.36. The number of carbonyl (C=O) groups is 1. The minimum absolute atomic E-state index is 0.0591. The Morgan fingerprint density at radius 3 is 1.92 bits per heavy atom. The molecule has 0 unspecified atom stereocenters. The van der Waals surface area contributed by atoms with Crippen LogP contribution in [0.3, 0.4) is 0 Å². The molecule has 1 rings (SSSR count). The third kappa shape index (κ3) is 1.12. The van der Waals surface area contributed by atoms with Gasteiger partial charge in [-0.3, -0.25) is 9.80 Å². The first kappa shape index (κ1) is 9.19. The van der Waals surface area contributed by atoms with Crippen LogP contribution in [-0.2, 0) is 0 Å². The van der Waals surface area contributed by atoms with E-state index in [1.807, 2.05) is 13.8 Å². The van der Waals surface area contributed by atoms with Gasteiger partial charge in [-0.15, -0.1) is 0 Å². The second kappa shape index (κ2) is 2.86. The van der Waals surface area contributed by atoms with Crippen LogP contribution in [0.1, 0.15) is 13.8 Å². The van der Waals surface area contributed by atoms with Crippen LogP contribution >= 0.6 is 12.2 Å². The molecule has 1 saturated heterocycles. The van der Waals surface area contributed by atoms with Gasteiger partial charge < -0.3 is 0 Å². The van der Waals surface area contributed by atoms with Gasteiger partial charge in [-0.05, 0) is 19.4 Å². The van der Waals surface area contributed by atoms with Crippen LogP contribution in [0.5, 0.6) is 0 Å². The van der Waals surface area contributed by atoms with Crippen molar-refractivity contribution in [2.45, 2.75) is 13.8 Å². The van der Waals surface area contributed by atoms with E-state index in [1.165, 1.54) is 4.90 Å². The Morgan fingerprint density at radius 1 is 1.25 bits per heavy atom. The highest BCUT2D eigenvalue weighted by Gasteiger charge is 2.32. The number of rotatable bonds is 0. The first-order valence-corrected chi connectivity index (χ1v) is 4.11. The van der Waals surface area contributed by atoms with Gasteiger partial charge >= 0.3 is 6.03 Å². The molecular formula is C8H12N2OS. The molecule has 0 aromatic carbocycles. The van der Waals surface area contributed by atoms with Crippen LogP contribution in [0.25, 0.3) is 0 Å².